The summed E-state index contributed by atoms with van der Waals surface area (Å²) in [5, 5.41) is 6.98. The van der Waals surface area contributed by atoms with Crippen molar-refractivity contribution < 1.29 is 14.3 Å². The fraction of sp³-hybridized carbons (Fsp3) is 0.233. The van der Waals surface area contributed by atoms with Crippen molar-refractivity contribution in [2.75, 3.05) is 32.6 Å². The van der Waals surface area contributed by atoms with Crippen molar-refractivity contribution in [2.24, 2.45) is 5.92 Å². The van der Waals surface area contributed by atoms with Crippen LogP contribution in [0.3, 0.4) is 0 Å². The second-order valence-electron chi connectivity index (χ2n) is 8.93. The molecule has 1 saturated heterocycles. The Morgan fingerprint density at radius 1 is 1.03 bits per heavy atom. The maximum absolute atomic E-state index is 12.0. The molecule has 5 rings (SSSR count). The second kappa shape index (κ2) is 11.5. The molecule has 0 bridgehead atoms. The predicted molar refractivity (Wildman–Crippen MR) is 148 cm³/mol. The molecule has 192 valence electrons. The number of hydrogen-bond donors (Lipinski definition) is 2. The number of nitrogens with one attached hydrogen (secondary N) is 2. The Bertz CT molecular complexity index is 1500. The zero-order valence-electron chi connectivity index (χ0n) is 21.4. The van der Waals surface area contributed by atoms with Gasteiger partial charge in [-0.25, -0.2) is 14.8 Å². The van der Waals surface area contributed by atoms with Crippen molar-refractivity contribution in [1.82, 2.24) is 20.2 Å². The topological polar surface area (TPSA) is 88.6 Å². The van der Waals surface area contributed by atoms with Crippen molar-refractivity contribution in [3.05, 3.63) is 78.6 Å². The fourth-order valence-corrected chi connectivity index (χ4v) is 4.41. The van der Waals surface area contributed by atoms with Gasteiger partial charge in [-0.3, -0.25) is 0 Å². The Morgan fingerprint density at radius 2 is 1.84 bits per heavy atom. The van der Waals surface area contributed by atoms with Crippen molar-refractivity contribution in [2.45, 2.75) is 12.8 Å². The molecule has 1 aliphatic heterocycles. The van der Waals surface area contributed by atoms with Crippen LogP contribution in [0, 0.1) is 17.8 Å². The van der Waals surface area contributed by atoms with E-state index in [-0.39, 0.29) is 11.9 Å². The lowest BCUT2D eigenvalue weighted by atomic mass is 9.99. The molecule has 2 N–H and O–H groups in total. The van der Waals surface area contributed by atoms with Crippen molar-refractivity contribution in [1.29, 1.82) is 0 Å². The first kappa shape index (κ1) is 24.9. The Labute approximate surface area is 222 Å². The lowest BCUT2D eigenvalue weighted by Crippen LogP contribution is -2.44. The number of carbonyl (C=O) groups excluding carboxylic acids is 1. The molecular weight excluding hydrogens is 478 g/mol. The summed E-state index contributed by atoms with van der Waals surface area (Å²) in [5.74, 6) is 9.53. The van der Waals surface area contributed by atoms with Crippen LogP contribution in [0.2, 0.25) is 0 Å². The Morgan fingerprint density at radius 3 is 2.66 bits per heavy atom. The predicted octanol–water partition coefficient (Wildman–Crippen LogP) is 5.58. The van der Waals surface area contributed by atoms with Crippen LogP contribution in [0.25, 0.3) is 10.9 Å². The van der Waals surface area contributed by atoms with Gasteiger partial charge in [-0.15, -0.1) is 0 Å². The molecule has 0 spiro atoms. The van der Waals surface area contributed by atoms with Gasteiger partial charge in [0.05, 0.1) is 12.6 Å². The van der Waals surface area contributed by atoms with E-state index in [0.29, 0.717) is 29.7 Å². The van der Waals surface area contributed by atoms with E-state index < -0.39 is 0 Å². The maximum atomic E-state index is 12.0. The first-order valence-corrected chi connectivity index (χ1v) is 12.6. The Hall–Kier alpha value is -4.77. The number of fused-ring (bicyclic) bond motifs is 1. The normalized spacial score (nSPS) is 14.8. The van der Waals surface area contributed by atoms with Crippen LogP contribution in [-0.2, 0) is 0 Å². The van der Waals surface area contributed by atoms with Gasteiger partial charge in [-0.05, 0) is 55.2 Å². The molecule has 0 radical (unpaired) electrons. The molecule has 0 unspecified atom stereocenters. The van der Waals surface area contributed by atoms with Crippen molar-refractivity contribution in [3.8, 4) is 29.1 Å². The number of benzene rings is 3. The summed E-state index contributed by atoms with van der Waals surface area (Å²) in [6.07, 6.45) is 1.86. The van der Waals surface area contributed by atoms with Gasteiger partial charge in [-0.2, -0.15) is 0 Å². The number of urea groups is 1. The average molecular weight is 508 g/mol. The van der Waals surface area contributed by atoms with Gasteiger partial charge in [0.25, 0.3) is 0 Å². The zero-order valence-corrected chi connectivity index (χ0v) is 21.4. The first-order chi connectivity index (χ1) is 18.6. The SMILES string of the molecule is CNC(=O)N1CCC[C@@H](C#Cc2nc(Nc3ccc(Oc4ccccc4)c(OC)c3)c3ccccc3n2)C1. The van der Waals surface area contributed by atoms with E-state index in [2.05, 4.69) is 27.5 Å². The zero-order chi connectivity index (χ0) is 26.3. The van der Waals surface area contributed by atoms with Crippen LogP contribution >= 0.6 is 0 Å². The van der Waals surface area contributed by atoms with Gasteiger partial charge in [0.15, 0.2) is 11.5 Å². The van der Waals surface area contributed by atoms with Gasteiger partial charge in [0, 0.05) is 43.2 Å². The number of piperidine rings is 1. The molecular formula is C30H29N5O3. The molecule has 8 nitrogen and oxygen atoms in total. The first-order valence-electron chi connectivity index (χ1n) is 12.6. The molecule has 1 aromatic heterocycles. The Balaban J connectivity index is 1.40. The minimum atomic E-state index is -0.0689. The number of aromatic nitrogens is 2. The minimum Gasteiger partial charge on any atom is -0.493 e. The van der Waals surface area contributed by atoms with Gasteiger partial charge >= 0.3 is 6.03 Å². The van der Waals surface area contributed by atoms with Crippen LogP contribution in [0.1, 0.15) is 18.7 Å². The number of anilines is 2. The third kappa shape index (κ3) is 5.79. The molecule has 8 heteroatoms. The van der Waals surface area contributed by atoms with Gasteiger partial charge in [0.2, 0.25) is 5.82 Å². The molecule has 3 aromatic carbocycles. The van der Waals surface area contributed by atoms with Crippen LogP contribution in [0.15, 0.2) is 72.8 Å². The molecule has 1 fully saturated rings. The number of carbonyl (C=O) groups is 1. The summed E-state index contributed by atoms with van der Waals surface area (Å²) in [5.41, 5.74) is 1.58. The third-order valence-corrected chi connectivity index (χ3v) is 6.31. The molecule has 0 aliphatic carbocycles. The number of ether oxygens (including phenoxy) is 2. The monoisotopic (exact) mass is 507 g/mol. The highest BCUT2D eigenvalue weighted by Gasteiger charge is 2.21. The largest absolute Gasteiger partial charge is 0.493 e. The van der Waals surface area contributed by atoms with Crippen LogP contribution < -0.4 is 20.1 Å². The van der Waals surface area contributed by atoms with Crippen LogP contribution in [-0.4, -0.2) is 48.1 Å². The number of hydrogen-bond acceptors (Lipinski definition) is 6. The van der Waals surface area contributed by atoms with E-state index >= 15 is 0 Å². The third-order valence-electron chi connectivity index (χ3n) is 6.31. The molecule has 0 saturated carbocycles. The minimum absolute atomic E-state index is 0.0689. The van der Waals surface area contributed by atoms with Crippen LogP contribution in [0.4, 0.5) is 16.3 Å². The van der Waals surface area contributed by atoms with E-state index in [1.54, 1.807) is 19.1 Å². The number of amides is 2. The lowest BCUT2D eigenvalue weighted by molar-refractivity contribution is 0.179. The fourth-order valence-electron chi connectivity index (χ4n) is 4.41. The average Bonchev–Trinajstić information content (AvgIpc) is 2.97. The molecule has 1 aliphatic rings. The number of nitrogens with zero attached hydrogens (tertiary/aromatic N) is 3. The van der Waals surface area contributed by atoms with Crippen molar-refractivity contribution in [3.63, 3.8) is 0 Å². The molecule has 4 aromatic rings. The number of methoxy groups -OCH3 is 1. The summed E-state index contributed by atoms with van der Waals surface area (Å²) >= 11 is 0. The summed E-state index contributed by atoms with van der Waals surface area (Å²) in [4.78, 5) is 23.2. The summed E-state index contributed by atoms with van der Waals surface area (Å²) in [7, 11) is 3.26. The standard InChI is InChI=1S/C30H29N5O3/c1-31-30(36)35-18-8-9-21(20-35)14-17-28-33-25-13-7-6-12-24(25)29(34-28)32-22-15-16-26(27(19-22)37-2)38-23-10-4-3-5-11-23/h3-7,10-13,15-16,19,21H,8-9,18,20H2,1-2H3,(H,31,36)(H,32,33,34)/t21-/m0/s1. The van der Waals surface area contributed by atoms with E-state index in [1.807, 2.05) is 72.8 Å². The molecule has 2 amide bonds. The maximum Gasteiger partial charge on any atom is 0.317 e. The van der Waals surface area contributed by atoms with E-state index in [0.717, 1.165) is 41.7 Å². The lowest BCUT2D eigenvalue weighted by Gasteiger charge is -2.29. The van der Waals surface area contributed by atoms with Crippen molar-refractivity contribution >= 4 is 28.4 Å². The van der Waals surface area contributed by atoms with E-state index in [9.17, 15) is 4.79 Å². The second-order valence-corrected chi connectivity index (χ2v) is 8.93. The number of rotatable bonds is 5. The highest BCUT2D eigenvalue weighted by Crippen LogP contribution is 2.35. The van der Waals surface area contributed by atoms with Gasteiger partial charge in [-0.1, -0.05) is 36.3 Å². The number of likely N-dealkylation sites (tertiary alicyclic amines) is 1. The van der Waals surface area contributed by atoms with Gasteiger partial charge in [0.1, 0.15) is 11.6 Å². The van der Waals surface area contributed by atoms with Gasteiger partial charge < -0.3 is 25.0 Å². The summed E-state index contributed by atoms with van der Waals surface area (Å²) in [6.45, 7) is 1.35. The molecule has 1 atom stereocenters. The van der Waals surface area contributed by atoms with Crippen LogP contribution in [0.5, 0.6) is 17.2 Å². The Kier molecular flexibility index (Phi) is 7.55. The quantitative estimate of drug-likeness (QED) is 0.343. The summed E-state index contributed by atoms with van der Waals surface area (Å²) < 4.78 is 11.6. The summed E-state index contributed by atoms with van der Waals surface area (Å²) in [6, 6.07) is 23.0. The highest BCUT2D eigenvalue weighted by atomic mass is 16.5. The van der Waals surface area contributed by atoms with E-state index in [1.165, 1.54) is 0 Å². The highest BCUT2D eigenvalue weighted by molar-refractivity contribution is 5.91. The molecule has 2 heterocycles. The van der Waals surface area contributed by atoms with E-state index in [4.69, 9.17) is 14.5 Å². The number of para-hydroxylation sites is 2. The smallest absolute Gasteiger partial charge is 0.317 e. The molecule has 38 heavy (non-hydrogen) atoms.